The Labute approximate surface area is 264 Å². The molecule has 0 spiro atoms. The van der Waals surface area contributed by atoms with Crippen molar-refractivity contribution in [2.75, 3.05) is 0 Å². The first-order valence-corrected chi connectivity index (χ1v) is 13.5. The minimum atomic E-state index is 0. The first-order chi connectivity index (χ1) is 19.8. The van der Waals surface area contributed by atoms with E-state index in [4.69, 9.17) is 0 Å². The molecule has 5 heterocycles. The van der Waals surface area contributed by atoms with Gasteiger partial charge in [-0.05, 0) is 72.8 Å². The molecule has 0 saturated heterocycles. The Morgan fingerprint density at radius 3 is 0.854 bits per heavy atom. The summed E-state index contributed by atoms with van der Waals surface area (Å²) in [6.07, 6.45) is 8.05. The molecule has 236 valence electrons. The van der Waals surface area contributed by atoms with Gasteiger partial charge < -0.3 is 65.4 Å². The summed E-state index contributed by atoms with van der Waals surface area (Å²) in [6.45, 7) is 40.0. The fraction of sp³-hybridized carbons (Fsp3) is 0.222. The van der Waals surface area contributed by atoms with Gasteiger partial charge in [0.05, 0.1) is 22.8 Å². The van der Waals surface area contributed by atoms with Crippen molar-refractivity contribution in [2.24, 2.45) is 0 Å². The van der Waals surface area contributed by atoms with Crippen molar-refractivity contribution < 1.29 is 16.5 Å². The van der Waals surface area contributed by atoms with Crippen molar-refractivity contribution >= 4 is 46.4 Å². The van der Waals surface area contributed by atoms with Gasteiger partial charge in [0.25, 0.3) is 0 Å². The van der Waals surface area contributed by atoms with Gasteiger partial charge in [-0.2, -0.15) is 55.4 Å². The van der Waals surface area contributed by atoms with Gasteiger partial charge in [0.15, 0.2) is 0 Å². The van der Waals surface area contributed by atoms with E-state index in [1.807, 2.05) is 42.5 Å². The summed E-state index contributed by atoms with van der Waals surface area (Å²) in [5.74, 6) is 0. The molecular formula is C36H54N4Ni-8. The molecule has 3 aromatic rings. The molecule has 2 N–H and O–H groups in total. The first kappa shape index (κ1) is 47.9. The number of rotatable bonds is 0. The number of aromatic nitrogens is 4. The van der Waals surface area contributed by atoms with Crippen LogP contribution >= 0.6 is 0 Å². The topological polar surface area (TPSA) is 57.4 Å². The molecule has 0 radical (unpaired) electrons. The third-order valence-electron chi connectivity index (χ3n) is 4.04. The number of hydrogen-bond donors (Lipinski definition) is 2. The summed E-state index contributed by atoms with van der Waals surface area (Å²) in [6, 6.07) is 16.4. The minimum absolute atomic E-state index is 0. The average molecular weight is 602 g/mol. The molecule has 0 aliphatic carbocycles. The molecule has 8 bridgehead atoms. The Bertz CT molecular complexity index is 1080. The third kappa shape index (κ3) is 19.0. The van der Waals surface area contributed by atoms with Crippen LogP contribution in [-0.4, -0.2) is 19.9 Å². The zero-order chi connectivity index (χ0) is 31.9. The maximum absolute atomic E-state index is 4.62. The predicted octanol–water partition coefficient (Wildman–Crippen LogP) is 11.4. The summed E-state index contributed by atoms with van der Waals surface area (Å²) in [4.78, 5) is 16.0. The van der Waals surface area contributed by atoms with Crippen LogP contribution in [0.1, 0.15) is 78.2 Å². The molecule has 0 atom stereocenters. The fourth-order valence-electron chi connectivity index (χ4n) is 2.94. The Hall–Kier alpha value is -2.91. The van der Waals surface area contributed by atoms with E-state index in [2.05, 4.69) is 106 Å². The Morgan fingerprint density at radius 1 is 0.366 bits per heavy atom. The molecule has 41 heavy (non-hydrogen) atoms. The molecule has 0 fully saturated rings. The summed E-state index contributed by atoms with van der Waals surface area (Å²) >= 11 is 0. The SMILES string of the molecule is C1=Cc2cc3ccc(cc4ccc(cc5nc(cc1n2)C=C5)[nH]4)[nH]3.[CH2-]C.[CH2-]C.[CH2-]C.[CH2-]C.[CH2-]C.[CH2-]C.[CH2-]C.[CH2-]C.[Ni]. The maximum atomic E-state index is 4.62. The molecule has 5 heteroatoms. The van der Waals surface area contributed by atoms with Gasteiger partial charge in [0, 0.05) is 38.6 Å². The van der Waals surface area contributed by atoms with Crippen molar-refractivity contribution in [3.05, 3.63) is 127 Å². The molecule has 4 nitrogen and oxygen atoms in total. The quantitative estimate of drug-likeness (QED) is 0.137. The molecule has 2 aliphatic heterocycles. The van der Waals surface area contributed by atoms with Crippen LogP contribution in [0, 0.1) is 55.4 Å². The monoisotopic (exact) mass is 600 g/mol. The summed E-state index contributed by atoms with van der Waals surface area (Å²) in [7, 11) is 0. The van der Waals surface area contributed by atoms with Crippen molar-refractivity contribution in [3.8, 4) is 0 Å². The van der Waals surface area contributed by atoms with Crippen LogP contribution in [0.15, 0.2) is 48.5 Å². The molecule has 0 aromatic carbocycles. The zero-order valence-corrected chi connectivity index (χ0v) is 27.8. The van der Waals surface area contributed by atoms with Gasteiger partial charge in [0.2, 0.25) is 0 Å². The van der Waals surface area contributed by atoms with E-state index in [9.17, 15) is 0 Å². The van der Waals surface area contributed by atoms with E-state index < -0.39 is 0 Å². The third-order valence-corrected chi connectivity index (χ3v) is 4.04. The number of aromatic amines is 2. The van der Waals surface area contributed by atoms with Crippen LogP contribution in [0.5, 0.6) is 0 Å². The van der Waals surface area contributed by atoms with Crippen molar-refractivity contribution in [3.63, 3.8) is 0 Å². The second-order valence-electron chi connectivity index (χ2n) is 5.91. The van der Waals surface area contributed by atoms with Crippen molar-refractivity contribution in [1.82, 2.24) is 19.9 Å². The van der Waals surface area contributed by atoms with E-state index in [1.165, 1.54) is 0 Å². The molecular weight excluding hydrogens is 547 g/mol. The molecule has 5 rings (SSSR count). The molecule has 0 amide bonds. The van der Waals surface area contributed by atoms with Crippen LogP contribution in [0.4, 0.5) is 0 Å². The van der Waals surface area contributed by atoms with Crippen LogP contribution < -0.4 is 0 Å². The first-order valence-electron chi connectivity index (χ1n) is 13.5. The van der Waals surface area contributed by atoms with Gasteiger partial charge in [-0.15, -0.1) is 0 Å². The Balaban J connectivity index is -0.000000222. The van der Waals surface area contributed by atoms with Crippen LogP contribution in [0.3, 0.4) is 0 Å². The molecule has 0 saturated carbocycles. The number of hydrogen-bond acceptors (Lipinski definition) is 2. The standard InChI is InChI=1S/C20H14N4.8C2H5.Ni/c1-2-14-10-16-5-6-18(23-16)12-20-8-7-19(24-20)11-17-4-3-15(22-17)9-13(1)21-14;8*1-2;/h1-12,21-22H;8*1H2,2H3;/q;8*-1;. The maximum Gasteiger partial charge on any atom is 0.0659 e. The smallest absolute Gasteiger partial charge is 0.0659 e. The van der Waals surface area contributed by atoms with Gasteiger partial charge in [-0.3, -0.25) is 0 Å². The van der Waals surface area contributed by atoms with E-state index in [0.29, 0.717) is 0 Å². The van der Waals surface area contributed by atoms with Crippen molar-refractivity contribution in [2.45, 2.75) is 55.4 Å². The summed E-state index contributed by atoms with van der Waals surface area (Å²) in [5, 5.41) is 0. The average Bonchev–Trinajstić information content (AvgIpc) is 3.88. The van der Waals surface area contributed by atoms with Crippen LogP contribution in [-0.2, 0) is 16.5 Å². The van der Waals surface area contributed by atoms with Crippen LogP contribution in [0.2, 0.25) is 0 Å². The number of nitrogens with one attached hydrogen (secondary N) is 2. The summed E-state index contributed by atoms with van der Waals surface area (Å²) < 4.78 is 0. The number of H-pyrrole nitrogens is 2. The van der Waals surface area contributed by atoms with E-state index in [0.717, 1.165) is 44.8 Å². The Kier molecular flexibility index (Phi) is 41.0. The second-order valence-corrected chi connectivity index (χ2v) is 5.91. The van der Waals surface area contributed by atoms with Gasteiger partial charge in [-0.25, -0.2) is 9.97 Å². The zero-order valence-electron chi connectivity index (χ0n) is 26.8. The van der Waals surface area contributed by atoms with E-state index >= 15 is 0 Å². The minimum Gasteiger partial charge on any atom is -0.355 e. The van der Waals surface area contributed by atoms with E-state index in [1.54, 1.807) is 55.4 Å². The number of fused-ring (bicyclic) bond motifs is 8. The molecule has 2 aliphatic rings. The van der Waals surface area contributed by atoms with Gasteiger partial charge in [-0.1, -0.05) is 0 Å². The van der Waals surface area contributed by atoms with Gasteiger partial charge >= 0.3 is 0 Å². The fourth-order valence-corrected chi connectivity index (χ4v) is 2.94. The van der Waals surface area contributed by atoms with Crippen molar-refractivity contribution in [1.29, 1.82) is 0 Å². The molecule has 3 aromatic heterocycles. The largest absolute Gasteiger partial charge is 0.355 e. The molecule has 0 unspecified atom stereocenters. The van der Waals surface area contributed by atoms with E-state index in [-0.39, 0.29) is 16.5 Å². The normalized spacial score (nSPS) is 8.59. The number of nitrogens with zero attached hydrogens (tertiary/aromatic N) is 2. The van der Waals surface area contributed by atoms with Crippen LogP contribution in [0.25, 0.3) is 46.4 Å². The second kappa shape index (κ2) is 35.1. The Morgan fingerprint density at radius 2 is 0.585 bits per heavy atom. The summed E-state index contributed by atoms with van der Waals surface area (Å²) in [5.41, 5.74) is 7.86. The predicted molar refractivity (Wildman–Crippen MR) is 187 cm³/mol. The van der Waals surface area contributed by atoms with Gasteiger partial charge in [0.1, 0.15) is 0 Å².